The molecule has 1 heteroatoms. The summed E-state index contributed by atoms with van der Waals surface area (Å²) in [6.45, 7) is 6.84. The highest BCUT2D eigenvalue weighted by atomic mass is 14.9. The summed E-state index contributed by atoms with van der Waals surface area (Å²) in [7, 11) is 0. The van der Waals surface area contributed by atoms with Crippen LogP contribution in [0.15, 0.2) is 11.6 Å². The van der Waals surface area contributed by atoms with Gasteiger partial charge in [-0.15, -0.1) is 0 Å². The average Bonchev–Trinajstić information content (AvgIpc) is 2.40. The third-order valence-electron chi connectivity index (χ3n) is 2.14. The minimum absolute atomic E-state index is 0.773. The highest BCUT2D eigenvalue weighted by Gasteiger charge is 2.05. The molecule has 0 spiro atoms. The van der Waals surface area contributed by atoms with Gasteiger partial charge in [-0.2, -0.15) is 0 Å². The van der Waals surface area contributed by atoms with Crippen LogP contribution in [-0.4, -0.2) is 13.1 Å². The van der Waals surface area contributed by atoms with E-state index in [1.165, 1.54) is 19.4 Å². The van der Waals surface area contributed by atoms with Gasteiger partial charge in [-0.3, -0.25) is 0 Å². The lowest BCUT2D eigenvalue weighted by atomic mass is 10.0. The van der Waals surface area contributed by atoms with Gasteiger partial charge in [0.15, 0.2) is 0 Å². The predicted octanol–water partition coefficient (Wildman–Crippen LogP) is 1.95. The number of rotatable bonds is 2. The van der Waals surface area contributed by atoms with Gasteiger partial charge in [0.1, 0.15) is 0 Å². The fraction of sp³-hybridized carbons (Fsp3) is 0.778. The number of hydrogen-bond acceptors (Lipinski definition) is 1. The molecule has 58 valence electrons. The zero-order valence-electron chi connectivity index (χ0n) is 6.98. The Morgan fingerprint density at radius 3 is 3.00 bits per heavy atom. The molecule has 0 amide bonds. The molecule has 0 aromatic carbocycles. The van der Waals surface area contributed by atoms with E-state index in [4.69, 9.17) is 0 Å². The maximum absolute atomic E-state index is 3.33. The number of hydrogen-bond donors (Lipinski definition) is 1. The normalized spacial score (nSPS) is 25.6. The lowest BCUT2D eigenvalue weighted by Gasteiger charge is -2.01. The van der Waals surface area contributed by atoms with E-state index in [0.717, 1.165) is 12.5 Å². The maximum atomic E-state index is 3.33. The summed E-state index contributed by atoms with van der Waals surface area (Å²) in [6.07, 6.45) is 4.95. The fourth-order valence-corrected chi connectivity index (χ4v) is 1.25. The Morgan fingerprint density at radius 1 is 1.70 bits per heavy atom. The van der Waals surface area contributed by atoms with Gasteiger partial charge in [-0.05, 0) is 18.9 Å². The first-order chi connectivity index (χ1) is 4.83. The van der Waals surface area contributed by atoms with Crippen molar-refractivity contribution >= 4 is 0 Å². The van der Waals surface area contributed by atoms with E-state index in [0.29, 0.717) is 0 Å². The van der Waals surface area contributed by atoms with E-state index >= 15 is 0 Å². The Balaban J connectivity index is 2.37. The van der Waals surface area contributed by atoms with E-state index in [9.17, 15) is 0 Å². The molecule has 10 heavy (non-hydrogen) atoms. The van der Waals surface area contributed by atoms with E-state index < -0.39 is 0 Å². The summed E-state index contributed by atoms with van der Waals surface area (Å²) >= 11 is 0. The van der Waals surface area contributed by atoms with Crippen molar-refractivity contribution in [2.75, 3.05) is 13.1 Å². The van der Waals surface area contributed by atoms with Crippen molar-refractivity contribution in [1.82, 2.24) is 5.32 Å². The lowest BCUT2D eigenvalue weighted by Crippen LogP contribution is -2.04. The molecule has 1 rings (SSSR count). The quantitative estimate of drug-likeness (QED) is 0.577. The van der Waals surface area contributed by atoms with Crippen LogP contribution < -0.4 is 5.32 Å². The molecule has 1 N–H and O–H groups in total. The second-order valence-electron chi connectivity index (χ2n) is 3.14. The Morgan fingerprint density at radius 2 is 2.50 bits per heavy atom. The third kappa shape index (κ3) is 2.14. The summed E-state index contributed by atoms with van der Waals surface area (Å²) < 4.78 is 0. The molecular formula is C9H17N. The molecule has 0 aromatic heterocycles. The van der Waals surface area contributed by atoms with Crippen LogP contribution in [0.1, 0.15) is 26.7 Å². The van der Waals surface area contributed by atoms with Crippen LogP contribution in [0.5, 0.6) is 0 Å². The Labute approximate surface area is 63.5 Å². The van der Waals surface area contributed by atoms with E-state index in [2.05, 4.69) is 25.2 Å². The minimum Gasteiger partial charge on any atom is -0.313 e. The van der Waals surface area contributed by atoms with Crippen molar-refractivity contribution in [2.45, 2.75) is 26.7 Å². The second kappa shape index (κ2) is 3.77. The van der Waals surface area contributed by atoms with Gasteiger partial charge in [0.25, 0.3) is 0 Å². The molecule has 0 aromatic rings. The van der Waals surface area contributed by atoms with Crippen molar-refractivity contribution in [2.24, 2.45) is 5.92 Å². The SMILES string of the molecule is CCC(C)/C=C1/CCNC1. The van der Waals surface area contributed by atoms with E-state index in [1.54, 1.807) is 5.57 Å². The van der Waals surface area contributed by atoms with Crippen LogP contribution in [0, 0.1) is 5.92 Å². The molecule has 1 unspecified atom stereocenters. The van der Waals surface area contributed by atoms with Crippen LogP contribution >= 0.6 is 0 Å². The molecule has 0 bridgehead atoms. The van der Waals surface area contributed by atoms with Crippen LogP contribution in [0.25, 0.3) is 0 Å². The lowest BCUT2D eigenvalue weighted by molar-refractivity contribution is 0.690. The maximum Gasteiger partial charge on any atom is 0.0165 e. The van der Waals surface area contributed by atoms with E-state index in [1.807, 2.05) is 0 Å². The van der Waals surface area contributed by atoms with Crippen LogP contribution in [0.3, 0.4) is 0 Å². The van der Waals surface area contributed by atoms with Crippen LogP contribution in [0.4, 0.5) is 0 Å². The summed E-state index contributed by atoms with van der Waals surface area (Å²) in [5.41, 5.74) is 1.61. The van der Waals surface area contributed by atoms with Crippen molar-refractivity contribution in [3.8, 4) is 0 Å². The van der Waals surface area contributed by atoms with Crippen molar-refractivity contribution in [1.29, 1.82) is 0 Å². The first-order valence-electron chi connectivity index (χ1n) is 4.23. The molecule has 1 atom stereocenters. The van der Waals surface area contributed by atoms with Gasteiger partial charge in [0.2, 0.25) is 0 Å². The van der Waals surface area contributed by atoms with E-state index in [-0.39, 0.29) is 0 Å². The van der Waals surface area contributed by atoms with Crippen LogP contribution in [-0.2, 0) is 0 Å². The summed E-state index contributed by atoms with van der Waals surface area (Å²) in [5.74, 6) is 0.773. The van der Waals surface area contributed by atoms with Crippen molar-refractivity contribution in [3.63, 3.8) is 0 Å². The number of allylic oxidation sites excluding steroid dienone is 1. The smallest absolute Gasteiger partial charge is 0.0165 e. The predicted molar refractivity (Wildman–Crippen MR) is 45.0 cm³/mol. The first kappa shape index (κ1) is 7.80. The Kier molecular flexibility index (Phi) is 2.94. The fourth-order valence-electron chi connectivity index (χ4n) is 1.25. The highest BCUT2D eigenvalue weighted by molar-refractivity contribution is 5.09. The molecule has 0 radical (unpaired) electrons. The molecule has 1 saturated heterocycles. The second-order valence-corrected chi connectivity index (χ2v) is 3.14. The van der Waals surface area contributed by atoms with Crippen LogP contribution in [0.2, 0.25) is 0 Å². The van der Waals surface area contributed by atoms with Crippen molar-refractivity contribution < 1.29 is 0 Å². The zero-order valence-corrected chi connectivity index (χ0v) is 6.98. The molecule has 1 fully saturated rings. The summed E-state index contributed by atoms with van der Waals surface area (Å²) in [4.78, 5) is 0. The Bertz CT molecular complexity index is 119. The molecule has 1 aliphatic rings. The standard InChI is InChI=1S/C9H17N/c1-3-8(2)6-9-4-5-10-7-9/h6,8,10H,3-5,7H2,1-2H3/b9-6-. The van der Waals surface area contributed by atoms with Gasteiger partial charge >= 0.3 is 0 Å². The van der Waals surface area contributed by atoms with Gasteiger partial charge in [0, 0.05) is 6.54 Å². The third-order valence-corrected chi connectivity index (χ3v) is 2.14. The molecule has 1 aliphatic heterocycles. The Hall–Kier alpha value is -0.300. The molecule has 0 saturated carbocycles. The largest absolute Gasteiger partial charge is 0.313 e. The molecule has 0 aliphatic carbocycles. The monoisotopic (exact) mass is 139 g/mol. The highest BCUT2D eigenvalue weighted by Crippen LogP contribution is 2.11. The summed E-state index contributed by atoms with van der Waals surface area (Å²) in [6, 6.07) is 0. The zero-order chi connectivity index (χ0) is 7.40. The van der Waals surface area contributed by atoms with Gasteiger partial charge in [0.05, 0.1) is 0 Å². The topological polar surface area (TPSA) is 12.0 Å². The van der Waals surface area contributed by atoms with Gasteiger partial charge < -0.3 is 5.32 Å². The first-order valence-corrected chi connectivity index (χ1v) is 4.23. The van der Waals surface area contributed by atoms with Gasteiger partial charge in [-0.1, -0.05) is 31.9 Å². The van der Waals surface area contributed by atoms with Crippen molar-refractivity contribution in [3.05, 3.63) is 11.6 Å². The summed E-state index contributed by atoms with van der Waals surface area (Å²) in [5, 5.41) is 3.33. The number of nitrogens with one attached hydrogen (secondary N) is 1. The molecule has 1 heterocycles. The molecule has 1 nitrogen and oxygen atoms in total. The minimum atomic E-state index is 0.773. The van der Waals surface area contributed by atoms with Gasteiger partial charge in [-0.25, -0.2) is 0 Å². The average molecular weight is 139 g/mol. The molecular weight excluding hydrogens is 122 g/mol.